The topological polar surface area (TPSA) is 50.4 Å². The van der Waals surface area contributed by atoms with Gasteiger partial charge in [-0.2, -0.15) is 0 Å². The van der Waals surface area contributed by atoms with Crippen molar-refractivity contribution < 1.29 is 9.53 Å². The molecule has 112 valence electrons. The molecule has 2 rings (SSSR count). The average Bonchev–Trinajstić information content (AvgIpc) is 2.85. The van der Waals surface area contributed by atoms with E-state index in [1.54, 1.807) is 13.2 Å². The van der Waals surface area contributed by atoms with Crippen LogP contribution in [0, 0.1) is 5.41 Å². The minimum Gasteiger partial charge on any atom is -0.496 e. The molecule has 1 aromatic rings. The lowest BCUT2D eigenvalue weighted by molar-refractivity contribution is -0.129. The third kappa shape index (κ3) is 3.57. The van der Waals surface area contributed by atoms with E-state index in [0.717, 1.165) is 25.1 Å². The van der Waals surface area contributed by atoms with E-state index in [4.69, 9.17) is 16.3 Å². The van der Waals surface area contributed by atoms with Crippen molar-refractivity contribution in [1.82, 2.24) is 10.6 Å². The number of benzene rings is 1. The van der Waals surface area contributed by atoms with Crippen LogP contribution < -0.4 is 15.4 Å². The Labute approximate surface area is 130 Å². The molecule has 1 heterocycles. The van der Waals surface area contributed by atoms with Crippen LogP contribution in [0.5, 0.6) is 5.75 Å². The molecule has 1 aliphatic rings. The Morgan fingerprint density at radius 1 is 1.55 bits per heavy atom. The molecule has 2 N–H and O–H groups in total. The number of carbonyl (C=O) groups excluding carboxylic acids is 1. The van der Waals surface area contributed by atoms with Gasteiger partial charge in [-0.3, -0.25) is 4.79 Å². The molecule has 1 atom stereocenters. The van der Waals surface area contributed by atoms with E-state index in [-0.39, 0.29) is 23.7 Å². The Kier molecular flexibility index (Phi) is 6.11. The van der Waals surface area contributed by atoms with Crippen LogP contribution in [0.2, 0.25) is 5.02 Å². The first-order valence-electron chi connectivity index (χ1n) is 6.37. The summed E-state index contributed by atoms with van der Waals surface area (Å²) in [6.07, 6.45) is 0.860. The van der Waals surface area contributed by atoms with E-state index in [9.17, 15) is 4.79 Å². The maximum Gasteiger partial charge on any atom is 0.227 e. The van der Waals surface area contributed by atoms with E-state index in [2.05, 4.69) is 10.6 Å². The van der Waals surface area contributed by atoms with Gasteiger partial charge in [0.2, 0.25) is 5.91 Å². The fraction of sp³-hybridized carbons (Fsp3) is 0.500. The Balaban J connectivity index is 0.00000200. The SMILES string of the molecule is COc1cccc(Cl)c1CNC(=O)C1(C)CCNC1.Cl. The summed E-state index contributed by atoms with van der Waals surface area (Å²) in [5.74, 6) is 0.752. The summed E-state index contributed by atoms with van der Waals surface area (Å²) in [5.41, 5.74) is 0.490. The first-order valence-corrected chi connectivity index (χ1v) is 6.75. The van der Waals surface area contributed by atoms with Gasteiger partial charge in [-0.15, -0.1) is 12.4 Å². The fourth-order valence-corrected chi connectivity index (χ4v) is 2.53. The molecule has 0 aromatic heterocycles. The quantitative estimate of drug-likeness (QED) is 0.896. The molecule has 1 aromatic carbocycles. The third-order valence-corrected chi connectivity index (χ3v) is 3.99. The van der Waals surface area contributed by atoms with Gasteiger partial charge >= 0.3 is 0 Å². The van der Waals surface area contributed by atoms with Gasteiger partial charge < -0.3 is 15.4 Å². The van der Waals surface area contributed by atoms with Crippen molar-refractivity contribution in [2.45, 2.75) is 19.9 Å². The molecular formula is C14H20Cl2N2O2. The van der Waals surface area contributed by atoms with E-state index < -0.39 is 0 Å². The van der Waals surface area contributed by atoms with Crippen LogP contribution in [0.25, 0.3) is 0 Å². The second-order valence-electron chi connectivity index (χ2n) is 5.09. The molecule has 0 saturated carbocycles. The molecule has 0 spiro atoms. The highest BCUT2D eigenvalue weighted by atomic mass is 35.5. The number of hydrogen-bond acceptors (Lipinski definition) is 3. The second-order valence-corrected chi connectivity index (χ2v) is 5.50. The molecule has 0 radical (unpaired) electrons. The van der Waals surface area contributed by atoms with Crippen LogP contribution in [0.15, 0.2) is 18.2 Å². The first-order chi connectivity index (χ1) is 9.07. The Bertz CT molecular complexity index is 474. The van der Waals surface area contributed by atoms with E-state index in [1.165, 1.54) is 0 Å². The van der Waals surface area contributed by atoms with Crippen molar-refractivity contribution in [2.24, 2.45) is 5.41 Å². The van der Waals surface area contributed by atoms with Crippen molar-refractivity contribution in [1.29, 1.82) is 0 Å². The zero-order valence-corrected chi connectivity index (χ0v) is 13.2. The number of ether oxygens (including phenoxy) is 1. The number of hydrogen-bond donors (Lipinski definition) is 2. The van der Waals surface area contributed by atoms with Gasteiger partial charge in [0.05, 0.1) is 12.5 Å². The lowest BCUT2D eigenvalue weighted by Crippen LogP contribution is -2.40. The highest BCUT2D eigenvalue weighted by molar-refractivity contribution is 6.31. The molecule has 1 fully saturated rings. The predicted octanol–water partition coefficient (Wildman–Crippen LogP) is 2.39. The van der Waals surface area contributed by atoms with Gasteiger partial charge in [-0.05, 0) is 32.0 Å². The normalized spacial score (nSPS) is 21.1. The number of methoxy groups -OCH3 is 1. The molecule has 1 aliphatic heterocycles. The molecule has 1 saturated heterocycles. The van der Waals surface area contributed by atoms with Crippen molar-refractivity contribution in [2.75, 3.05) is 20.2 Å². The molecule has 1 unspecified atom stereocenters. The van der Waals surface area contributed by atoms with Crippen LogP contribution in [0.4, 0.5) is 0 Å². The predicted molar refractivity (Wildman–Crippen MR) is 82.7 cm³/mol. The van der Waals surface area contributed by atoms with Gasteiger partial charge in [0, 0.05) is 23.7 Å². The van der Waals surface area contributed by atoms with Crippen molar-refractivity contribution in [3.05, 3.63) is 28.8 Å². The number of halogens is 2. The Hall–Kier alpha value is -0.970. The molecule has 6 heteroatoms. The Morgan fingerprint density at radius 3 is 2.90 bits per heavy atom. The van der Waals surface area contributed by atoms with Crippen molar-refractivity contribution in [3.8, 4) is 5.75 Å². The first kappa shape index (κ1) is 17.1. The molecule has 1 amide bonds. The smallest absolute Gasteiger partial charge is 0.227 e. The van der Waals surface area contributed by atoms with Crippen LogP contribution in [-0.2, 0) is 11.3 Å². The standard InChI is InChI=1S/C14H19ClN2O2.ClH/c1-14(6-7-16-9-14)13(18)17-8-10-11(15)4-3-5-12(10)19-2;/h3-5,16H,6-9H2,1-2H3,(H,17,18);1H. The lowest BCUT2D eigenvalue weighted by Gasteiger charge is -2.22. The average molecular weight is 319 g/mol. The van der Waals surface area contributed by atoms with Gasteiger partial charge in [0.15, 0.2) is 0 Å². The third-order valence-electron chi connectivity index (χ3n) is 3.64. The number of carbonyl (C=O) groups is 1. The van der Waals surface area contributed by atoms with Crippen LogP contribution in [0.3, 0.4) is 0 Å². The van der Waals surface area contributed by atoms with Gasteiger partial charge in [0.1, 0.15) is 5.75 Å². The molecule has 0 aliphatic carbocycles. The zero-order chi connectivity index (χ0) is 13.9. The van der Waals surface area contributed by atoms with Crippen LogP contribution in [0.1, 0.15) is 18.9 Å². The minimum absolute atomic E-state index is 0. The van der Waals surface area contributed by atoms with Crippen LogP contribution >= 0.6 is 24.0 Å². The number of nitrogens with one attached hydrogen (secondary N) is 2. The largest absolute Gasteiger partial charge is 0.496 e. The van der Waals surface area contributed by atoms with Crippen LogP contribution in [-0.4, -0.2) is 26.1 Å². The van der Waals surface area contributed by atoms with Crippen molar-refractivity contribution in [3.63, 3.8) is 0 Å². The summed E-state index contributed by atoms with van der Waals surface area (Å²) < 4.78 is 5.26. The van der Waals surface area contributed by atoms with E-state index >= 15 is 0 Å². The summed E-state index contributed by atoms with van der Waals surface area (Å²) in [5, 5.41) is 6.77. The zero-order valence-electron chi connectivity index (χ0n) is 11.7. The molecular weight excluding hydrogens is 299 g/mol. The van der Waals surface area contributed by atoms with E-state index in [1.807, 2.05) is 19.1 Å². The van der Waals surface area contributed by atoms with Gasteiger partial charge in [-0.25, -0.2) is 0 Å². The summed E-state index contributed by atoms with van der Waals surface area (Å²) in [6, 6.07) is 5.46. The van der Waals surface area contributed by atoms with Gasteiger partial charge in [-0.1, -0.05) is 17.7 Å². The lowest BCUT2D eigenvalue weighted by atomic mass is 9.89. The number of amides is 1. The highest BCUT2D eigenvalue weighted by Crippen LogP contribution is 2.28. The summed E-state index contributed by atoms with van der Waals surface area (Å²) >= 11 is 6.14. The molecule has 4 nitrogen and oxygen atoms in total. The Morgan fingerprint density at radius 2 is 2.30 bits per heavy atom. The second kappa shape index (κ2) is 7.16. The monoisotopic (exact) mass is 318 g/mol. The summed E-state index contributed by atoms with van der Waals surface area (Å²) in [4.78, 5) is 12.2. The minimum atomic E-state index is -0.325. The van der Waals surface area contributed by atoms with E-state index in [0.29, 0.717) is 17.3 Å². The fourth-order valence-electron chi connectivity index (χ4n) is 2.29. The summed E-state index contributed by atoms with van der Waals surface area (Å²) in [7, 11) is 1.60. The molecule has 0 bridgehead atoms. The van der Waals surface area contributed by atoms with Gasteiger partial charge in [0.25, 0.3) is 0 Å². The van der Waals surface area contributed by atoms with Crippen molar-refractivity contribution >= 4 is 29.9 Å². The number of rotatable bonds is 4. The molecule has 20 heavy (non-hydrogen) atoms. The maximum absolute atomic E-state index is 12.2. The highest BCUT2D eigenvalue weighted by Gasteiger charge is 2.36. The maximum atomic E-state index is 12.2. The summed E-state index contributed by atoms with van der Waals surface area (Å²) in [6.45, 7) is 3.97.